The van der Waals surface area contributed by atoms with Gasteiger partial charge in [0.15, 0.2) is 11.5 Å². The smallest absolute Gasteiger partial charge is 0.213 e. The number of ether oxygens (including phenoxy) is 2. The molecule has 0 radical (unpaired) electrons. The van der Waals surface area contributed by atoms with Gasteiger partial charge in [-0.05, 0) is 12.1 Å². The largest absolute Gasteiger partial charge is 0.493 e. The number of ketones is 1. The molecular weight excluding hydrogens is 268 g/mol. The second-order valence-corrected chi connectivity index (χ2v) is 4.02. The average Bonchev–Trinajstić information content (AvgIpc) is 2.46. The van der Waals surface area contributed by atoms with E-state index in [4.69, 9.17) is 21.1 Å². The van der Waals surface area contributed by atoms with Gasteiger partial charge < -0.3 is 9.47 Å². The van der Waals surface area contributed by atoms with Gasteiger partial charge in [-0.3, -0.25) is 9.78 Å². The molecule has 2 rings (SSSR count). The van der Waals surface area contributed by atoms with Crippen LogP contribution in [0.15, 0.2) is 30.7 Å². The standard InChI is InChI=1S/C13H11ClN2O3/c1-18-11-6-8(5-9(14)13(11)19-2)12(17)10-7-15-3-4-16-10/h3-7H,1-2H3. The van der Waals surface area contributed by atoms with E-state index in [9.17, 15) is 4.79 Å². The number of aromatic nitrogens is 2. The topological polar surface area (TPSA) is 61.3 Å². The van der Waals surface area contributed by atoms with Gasteiger partial charge in [-0.15, -0.1) is 0 Å². The molecule has 0 atom stereocenters. The van der Waals surface area contributed by atoms with Gasteiger partial charge >= 0.3 is 0 Å². The third-order valence-electron chi connectivity index (χ3n) is 2.49. The molecule has 6 heteroatoms. The van der Waals surface area contributed by atoms with E-state index in [0.29, 0.717) is 22.1 Å². The molecule has 1 heterocycles. The van der Waals surface area contributed by atoms with Gasteiger partial charge in [0.05, 0.1) is 25.4 Å². The Morgan fingerprint density at radius 3 is 2.58 bits per heavy atom. The third kappa shape index (κ3) is 2.66. The molecule has 0 aliphatic rings. The van der Waals surface area contributed by atoms with E-state index in [1.165, 1.54) is 38.9 Å². The highest BCUT2D eigenvalue weighted by Crippen LogP contribution is 2.36. The Balaban J connectivity index is 2.47. The lowest BCUT2D eigenvalue weighted by atomic mass is 10.1. The Morgan fingerprint density at radius 2 is 2.00 bits per heavy atom. The van der Waals surface area contributed by atoms with Gasteiger partial charge in [0.1, 0.15) is 5.69 Å². The summed E-state index contributed by atoms with van der Waals surface area (Å²) in [4.78, 5) is 20.0. The van der Waals surface area contributed by atoms with Crippen LogP contribution in [0.4, 0.5) is 0 Å². The first-order valence-corrected chi connectivity index (χ1v) is 5.77. The minimum Gasteiger partial charge on any atom is -0.493 e. The fourth-order valence-electron chi connectivity index (χ4n) is 1.61. The fourth-order valence-corrected chi connectivity index (χ4v) is 1.90. The van der Waals surface area contributed by atoms with Crippen LogP contribution >= 0.6 is 11.6 Å². The summed E-state index contributed by atoms with van der Waals surface area (Å²) in [6.07, 6.45) is 4.35. The van der Waals surface area contributed by atoms with Crippen molar-refractivity contribution in [1.82, 2.24) is 9.97 Å². The normalized spacial score (nSPS) is 10.1. The zero-order valence-electron chi connectivity index (χ0n) is 10.4. The molecule has 1 aromatic carbocycles. The molecular formula is C13H11ClN2O3. The number of hydrogen-bond acceptors (Lipinski definition) is 5. The van der Waals surface area contributed by atoms with Crippen LogP contribution in [0.1, 0.15) is 16.1 Å². The predicted octanol–water partition coefficient (Wildman–Crippen LogP) is 2.38. The summed E-state index contributed by atoms with van der Waals surface area (Å²) in [5, 5.41) is 0.300. The van der Waals surface area contributed by atoms with Gasteiger partial charge in [0.25, 0.3) is 0 Å². The van der Waals surface area contributed by atoms with E-state index in [-0.39, 0.29) is 11.5 Å². The van der Waals surface area contributed by atoms with Crippen LogP contribution in [0.2, 0.25) is 5.02 Å². The van der Waals surface area contributed by atoms with Crippen molar-refractivity contribution in [1.29, 1.82) is 0 Å². The predicted molar refractivity (Wildman–Crippen MR) is 70.0 cm³/mol. The molecule has 0 bridgehead atoms. The molecule has 98 valence electrons. The Kier molecular flexibility index (Phi) is 3.97. The molecule has 5 nitrogen and oxygen atoms in total. The highest BCUT2D eigenvalue weighted by atomic mass is 35.5. The number of nitrogens with zero attached hydrogens (tertiary/aromatic N) is 2. The molecule has 0 N–H and O–H groups in total. The number of carbonyl (C=O) groups excluding carboxylic acids is 1. The third-order valence-corrected chi connectivity index (χ3v) is 2.77. The second-order valence-electron chi connectivity index (χ2n) is 3.61. The Labute approximate surface area is 115 Å². The van der Waals surface area contributed by atoms with Crippen molar-refractivity contribution in [2.45, 2.75) is 0 Å². The van der Waals surface area contributed by atoms with Crippen LogP contribution in [0.3, 0.4) is 0 Å². The number of rotatable bonds is 4. The minimum absolute atomic E-state index is 0.241. The molecule has 0 saturated heterocycles. The molecule has 19 heavy (non-hydrogen) atoms. The van der Waals surface area contributed by atoms with E-state index in [0.717, 1.165) is 0 Å². The van der Waals surface area contributed by atoms with Crippen LogP contribution in [0.25, 0.3) is 0 Å². The SMILES string of the molecule is COc1cc(C(=O)c2cnccn2)cc(Cl)c1OC. The summed E-state index contributed by atoms with van der Waals surface area (Å²) in [6.45, 7) is 0. The van der Waals surface area contributed by atoms with Crippen LogP contribution in [-0.2, 0) is 0 Å². The Morgan fingerprint density at radius 1 is 1.21 bits per heavy atom. The molecule has 0 aliphatic heterocycles. The van der Waals surface area contributed by atoms with Gasteiger partial charge in [0.2, 0.25) is 5.78 Å². The van der Waals surface area contributed by atoms with Crippen LogP contribution < -0.4 is 9.47 Å². The van der Waals surface area contributed by atoms with Crippen molar-refractivity contribution in [3.8, 4) is 11.5 Å². The Hall–Kier alpha value is -2.14. The Bertz CT molecular complexity index is 602. The second kappa shape index (κ2) is 5.67. The maximum atomic E-state index is 12.2. The number of hydrogen-bond donors (Lipinski definition) is 0. The molecule has 1 aromatic heterocycles. The van der Waals surface area contributed by atoms with Crippen LogP contribution in [0, 0.1) is 0 Å². The molecule has 0 aliphatic carbocycles. The maximum absolute atomic E-state index is 12.2. The van der Waals surface area contributed by atoms with Gasteiger partial charge in [0, 0.05) is 18.0 Å². The summed E-state index contributed by atoms with van der Waals surface area (Å²) < 4.78 is 10.3. The number of halogens is 1. The lowest BCUT2D eigenvalue weighted by molar-refractivity contribution is 0.103. The van der Waals surface area contributed by atoms with Crippen LogP contribution in [0.5, 0.6) is 11.5 Å². The monoisotopic (exact) mass is 278 g/mol. The van der Waals surface area contributed by atoms with E-state index in [1.807, 2.05) is 0 Å². The first kappa shape index (κ1) is 13.3. The minimum atomic E-state index is -0.282. The molecule has 0 fully saturated rings. The van der Waals surface area contributed by atoms with Crippen molar-refractivity contribution in [2.24, 2.45) is 0 Å². The van der Waals surface area contributed by atoms with Crippen molar-refractivity contribution in [3.63, 3.8) is 0 Å². The molecule has 0 amide bonds. The molecule has 0 saturated carbocycles. The van der Waals surface area contributed by atoms with E-state index >= 15 is 0 Å². The highest BCUT2D eigenvalue weighted by Gasteiger charge is 2.17. The number of methoxy groups -OCH3 is 2. The fraction of sp³-hybridized carbons (Fsp3) is 0.154. The van der Waals surface area contributed by atoms with E-state index in [2.05, 4.69) is 9.97 Å². The van der Waals surface area contributed by atoms with E-state index < -0.39 is 0 Å². The first-order valence-electron chi connectivity index (χ1n) is 5.39. The number of carbonyl (C=O) groups is 1. The molecule has 0 spiro atoms. The zero-order chi connectivity index (χ0) is 13.8. The van der Waals surface area contributed by atoms with Crippen molar-refractivity contribution in [3.05, 3.63) is 47.0 Å². The molecule has 2 aromatic rings. The lowest BCUT2D eigenvalue weighted by Crippen LogP contribution is -2.05. The summed E-state index contributed by atoms with van der Waals surface area (Å²) >= 11 is 6.05. The van der Waals surface area contributed by atoms with Gasteiger partial charge in [-0.1, -0.05) is 11.6 Å². The van der Waals surface area contributed by atoms with Crippen molar-refractivity contribution in [2.75, 3.05) is 14.2 Å². The number of benzene rings is 1. The zero-order valence-corrected chi connectivity index (χ0v) is 11.1. The average molecular weight is 279 g/mol. The molecule has 0 unspecified atom stereocenters. The van der Waals surface area contributed by atoms with Gasteiger partial charge in [-0.2, -0.15) is 0 Å². The summed E-state index contributed by atoms with van der Waals surface area (Å²) in [6, 6.07) is 3.07. The summed E-state index contributed by atoms with van der Waals surface area (Å²) in [5.41, 5.74) is 0.605. The van der Waals surface area contributed by atoms with Crippen molar-refractivity contribution < 1.29 is 14.3 Å². The summed E-state index contributed by atoms with van der Waals surface area (Å²) in [5.74, 6) is 0.498. The first-order chi connectivity index (χ1) is 9.17. The van der Waals surface area contributed by atoms with E-state index in [1.54, 1.807) is 6.07 Å². The van der Waals surface area contributed by atoms with Gasteiger partial charge in [-0.25, -0.2) is 4.98 Å². The quantitative estimate of drug-likeness (QED) is 0.804. The van der Waals surface area contributed by atoms with Crippen LogP contribution in [-0.4, -0.2) is 30.0 Å². The summed E-state index contributed by atoms with van der Waals surface area (Å²) in [7, 11) is 2.96. The lowest BCUT2D eigenvalue weighted by Gasteiger charge is -2.11. The van der Waals surface area contributed by atoms with Crippen molar-refractivity contribution >= 4 is 17.4 Å². The highest BCUT2D eigenvalue weighted by molar-refractivity contribution is 6.33. The maximum Gasteiger partial charge on any atom is 0.213 e.